The first-order chi connectivity index (χ1) is 7.92. The van der Waals surface area contributed by atoms with Crippen LogP contribution in [-0.4, -0.2) is 47.6 Å². The van der Waals surface area contributed by atoms with Crippen molar-refractivity contribution in [1.82, 2.24) is 20.2 Å². The van der Waals surface area contributed by atoms with Gasteiger partial charge in [0.05, 0.1) is 12.0 Å². The van der Waals surface area contributed by atoms with Crippen LogP contribution in [0.4, 0.5) is 0 Å². The zero-order valence-corrected chi connectivity index (χ0v) is 9.71. The van der Waals surface area contributed by atoms with Crippen LogP contribution in [0.1, 0.15) is 17.8 Å². The number of H-pyrrole nitrogens is 1. The summed E-state index contributed by atoms with van der Waals surface area (Å²) in [6.45, 7) is 6.00. The van der Waals surface area contributed by atoms with E-state index >= 15 is 0 Å². The molecule has 0 spiro atoms. The number of rotatable bonds is 2. The van der Waals surface area contributed by atoms with Crippen molar-refractivity contribution in [2.24, 2.45) is 5.92 Å². The lowest BCUT2D eigenvalue weighted by molar-refractivity contribution is 0.196. The maximum Gasteiger partial charge on any atom is 0.0925 e. The van der Waals surface area contributed by atoms with Crippen molar-refractivity contribution in [3.8, 4) is 0 Å². The lowest BCUT2D eigenvalue weighted by Crippen LogP contribution is -2.45. The van der Waals surface area contributed by atoms with Crippen LogP contribution in [0.2, 0.25) is 0 Å². The van der Waals surface area contributed by atoms with E-state index in [1.165, 1.54) is 43.9 Å². The molecule has 2 heterocycles. The molecule has 1 aromatic rings. The highest BCUT2D eigenvalue weighted by Crippen LogP contribution is 2.23. The fourth-order valence-electron chi connectivity index (χ4n) is 2.89. The molecule has 4 nitrogen and oxygen atoms in total. The SMILES string of the molecule is c1nc2c([nH]1)CC(CN1CCNCC1)CC2. The summed E-state index contributed by atoms with van der Waals surface area (Å²) >= 11 is 0. The minimum atomic E-state index is 0.825. The minimum Gasteiger partial charge on any atom is -0.348 e. The van der Waals surface area contributed by atoms with Crippen LogP contribution in [0.15, 0.2) is 6.33 Å². The van der Waals surface area contributed by atoms with Crippen LogP contribution in [0.5, 0.6) is 0 Å². The van der Waals surface area contributed by atoms with Crippen molar-refractivity contribution in [2.75, 3.05) is 32.7 Å². The fraction of sp³-hybridized carbons (Fsp3) is 0.750. The maximum absolute atomic E-state index is 4.36. The normalized spacial score (nSPS) is 26.6. The second kappa shape index (κ2) is 4.55. The highest BCUT2D eigenvalue weighted by Gasteiger charge is 2.22. The summed E-state index contributed by atoms with van der Waals surface area (Å²) in [7, 11) is 0. The number of aromatic nitrogens is 2. The number of hydrogen-bond donors (Lipinski definition) is 2. The Morgan fingerprint density at radius 2 is 2.25 bits per heavy atom. The van der Waals surface area contributed by atoms with Gasteiger partial charge >= 0.3 is 0 Å². The zero-order chi connectivity index (χ0) is 10.8. The number of nitrogens with zero attached hydrogens (tertiary/aromatic N) is 2. The number of piperazine rings is 1. The smallest absolute Gasteiger partial charge is 0.0925 e. The zero-order valence-electron chi connectivity index (χ0n) is 9.71. The molecule has 0 amide bonds. The fourth-order valence-corrected chi connectivity index (χ4v) is 2.89. The van der Waals surface area contributed by atoms with E-state index in [2.05, 4.69) is 20.2 Å². The van der Waals surface area contributed by atoms with E-state index in [-0.39, 0.29) is 0 Å². The first-order valence-corrected chi connectivity index (χ1v) is 6.36. The molecule has 0 saturated carbocycles. The average Bonchev–Trinajstić information content (AvgIpc) is 2.77. The molecule has 3 rings (SSSR count). The molecule has 1 aliphatic heterocycles. The van der Waals surface area contributed by atoms with E-state index < -0.39 is 0 Å². The number of fused-ring (bicyclic) bond motifs is 1. The van der Waals surface area contributed by atoms with Crippen LogP contribution >= 0.6 is 0 Å². The van der Waals surface area contributed by atoms with E-state index in [1.807, 2.05) is 6.33 Å². The third kappa shape index (κ3) is 2.13. The summed E-state index contributed by atoms with van der Waals surface area (Å²) in [4.78, 5) is 10.2. The molecule has 4 heteroatoms. The molecule has 0 radical (unpaired) electrons. The molecule has 1 aliphatic carbocycles. The molecule has 2 N–H and O–H groups in total. The summed E-state index contributed by atoms with van der Waals surface area (Å²) in [5, 5.41) is 3.41. The van der Waals surface area contributed by atoms with Crippen molar-refractivity contribution < 1.29 is 0 Å². The monoisotopic (exact) mass is 220 g/mol. The maximum atomic E-state index is 4.36. The molecule has 0 aromatic carbocycles. The Morgan fingerprint density at radius 3 is 3.12 bits per heavy atom. The predicted molar refractivity (Wildman–Crippen MR) is 63.4 cm³/mol. The lowest BCUT2D eigenvalue weighted by Gasteiger charge is -2.32. The summed E-state index contributed by atoms with van der Waals surface area (Å²) in [6.07, 6.45) is 5.51. The predicted octanol–water partition coefficient (Wildman–Crippen LogP) is 0.420. The Kier molecular flexibility index (Phi) is 2.93. The average molecular weight is 220 g/mol. The highest BCUT2D eigenvalue weighted by molar-refractivity contribution is 5.15. The van der Waals surface area contributed by atoms with E-state index in [1.54, 1.807) is 0 Å². The molecule has 1 aromatic heterocycles. The number of nitrogens with one attached hydrogen (secondary N) is 2. The van der Waals surface area contributed by atoms with Crippen molar-refractivity contribution in [2.45, 2.75) is 19.3 Å². The molecule has 1 unspecified atom stereocenters. The first kappa shape index (κ1) is 10.3. The van der Waals surface area contributed by atoms with Gasteiger partial charge in [0.1, 0.15) is 0 Å². The van der Waals surface area contributed by atoms with E-state index in [9.17, 15) is 0 Å². The summed E-state index contributed by atoms with van der Waals surface area (Å²) in [5.74, 6) is 0.825. The van der Waals surface area contributed by atoms with Crippen LogP contribution in [-0.2, 0) is 12.8 Å². The number of hydrogen-bond acceptors (Lipinski definition) is 3. The van der Waals surface area contributed by atoms with Crippen LogP contribution in [0.25, 0.3) is 0 Å². The number of aromatic amines is 1. The third-order valence-corrected chi connectivity index (χ3v) is 3.82. The van der Waals surface area contributed by atoms with Gasteiger partial charge in [-0.05, 0) is 25.2 Å². The van der Waals surface area contributed by atoms with Crippen molar-refractivity contribution in [3.63, 3.8) is 0 Å². The van der Waals surface area contributed by atoms with Gasteiger partial charge in [-0.3, -0.25) is 0 Å². The van der Waals surface area contributed by atoms with Crippen LogP contribution in [0.3, 0.4) is 0 Å². The number of imidazole rings is 1. The topological polar surface area (TPSA) is 44.0 Å². The van der Waals surface area contributed by atoms with Crippen LogP contribution in [0, 0.1) is 5.92 Å². The molecule has 2 aliphatic rings. The van der Waals surface area contributed by atoms with E-state index in [0.717, 1.165) is 25.4 Å². The highest BCUT2D eigenvalue weighted by atomic mass is 15.2. The van der Waals surface area contributed by atoms with Gasteiger partial charge in [-0.15, -0.1) is 0 Å². The second-order valence-electron chi connectivity index (χ2n) is 4.99. The summed E-state index contributed by atoms with van der Waals surface area (Å²) in [6, 6.07) is 0. The number of aryl methyl sites for hydroxylation is 1. The summed E-state index contributed by atoms with van der Waals surface area (Å²) in [5.41, 5.74) is 2.68. The largest absolute Gasteiger partial charge is 0.348 e. The van der Waals surface area contributed by atoms with E-state index in [0.29, 0.717) is 0 Å². The molecule has 1 fully saturated rings. The Labute approximate surface area is 96.4 Å². The Bertz CT molecular complexity index is 341. The molecular formula is C12H20N4. The van der Waals surface area contributed by atoms with Gasteiger partial charge in [0.15, 0.2) is 0 Å². The molecule has 0 bridgehead atoms. The van der Waals surface area contributed by atoms with Gasteiger partial charge in [0.25, 0.3) is 0 Å². The van der Waals surface area contributed by atoms with Gasteiger partial charge in [-0.25, -0.2) is 4.98 Å². The first-order valence-electron chi connectivity index (χ1n) is 6.36. The Balaban J connectivity index is 1.57. The van der Waals surface area contributed by atoms with Gasteiger partial charge in [-0.2, -0.15) is 0 Å². The van der Waals surface area contributed by atoms with Gasteiger partial charge in [0.2, 0.25) is 0 Å². The third-order valence-electron chi connectivity index (χ3n) is 3.82. The van der Waals surface area contributed by atoms with Crippen molar-refractivity contribution in [1.29, 1.82) is 0 Å². The quantitative estimate of drug-likeness (QED) is 0.759. The Hall–Kier alpha value is -0.870. The van der Waals surface area contributed by atoms with Crippen LogP contribution < -0.4 is 5.32 Å². The lowest BCUT2D eigenvalue weighted by atomic mass is 9.89. The molecular weight excluding hydrogens is 200 g/mol. The van der Waals surface area contributed by atoms with Crippen molar-refractivity contribution in [3.05, 3.63) is 17.7 Å². The van der Waals surface area contributed by atoms with Gasteiger partial charge in [0, 0.05) is 38.4 Å². The van der Waals surface area contributed by atoms with Gasteiger partial charge in [-0.1, -0.05) is 0 Å². The molecule has 1 atom stereocenters. The standard InChI is InChI=1S/C12H20N4/c1-2-11-12(15-9-14-11)7-10(1)8-16-5-3-13-4-6-16/h9-10,13H,1-8H2,(H,14,15). The molecule has 16 heavy (non-hydrogen) atoms. The molecule has 88 valence electrons. The molecule has 1 saturated heterocycles. The second-order valence-corrected chi connectivity index (χ2v) is 4.99. The van der Waals surface area contributed by atoms with Gasteiger partial charge < -0.3 is 15.2 Å². The minimum absolute atomic E-state index is 0.825. The Morgan fingerprint density at radius 1 is 1.38 bits per heavy atom. The van der Waals surface area contributed by atoms with Crippen molar-refractivity contribution >= 4 is 0 Å². The summed E-state index contributed by atoms with van der Waals surface area (Å²) < 4.78 is 0. The van der Waals surface area contributed by atoms with E-state index in [4.69, 9.17) is 0 Å².